The summed E-state index contributed by atoms with van der Waals surface area (Å²) in [7, 11) is 1.74. The van der Waals surface area contributed by atoms with Crippen molar-refractivity contribution in [3.8, 4) is 0 Å². The molecule has 100 valence electrons. The van der Waals surface area contributed by atoms with Gasteiger partial charge in [0, 0.05) is 25.3 Å². The first-order valence-electron chi connectivity index (χ1n) is 5.86. The highest BCUT2D eigenvalue weighted by atomic mass is 32.1. The number of carbonyl (C=O) groups is 2. The van der Waals surface area contributed by atoms with Crippen molar-refractivity contribution in [3.05, 3.63) is 16.1 Å². The van der Waals surface area contributed by atoms with Gasteiger partial charge in [-0.25, -0.2) is 4.98 Å². The summed E-state index contributed by atoms with van der Waals surface area (Å²) in [6.45, 7) is 2.45. The van der Waals surface area contributed by atoms with E-state index >= 15 is 0 Å². The lowest BCUT2D eigenvalue weighted by atomic mass is 10.2. The Balaban J connectivity index is 2.26. The summed E-state index contributed by atoms with van der Waals surface area (Å²) in [4.78, 5) is 28.0. The van der Waals surface area contributed by atoms with Gasteiger partial charge in [0.2, 0.25) is 5.91 Å². The van der Waals surface area contributed by atoms with Crippen LogP contribution in [0.1, 0.15) is 36.4 Å². The predicted octanol–water partition coefficient (Wildman–Crippen LogP) is 2.05. The van der Waals surface area contributed by atoms with E-state index < -0.39 is 5.97 Å². The van der Waals surface area contributed by atoms with Crippen molar-refractivity contribution < 1.29 is 14.7 Å². The number of hydrogen-bond acceptors (Lipinski definition) is 4. The first-order chi connectivity index (χ1) is 8.49. The highest BCUT2D eigenvalue weighted by molar-refractivity contribution is 7.09. The third-order valence-electron chi connectivity index (χ3n) is 2.52. The maximum absolute atomic E-state index is 11.8. The average Bonchev–Trinajstić information content (AvgIpc) is 2.69. The summed E-state index contributed by atoms with van der Waals surface area (Å²) in [5, 5.41) is 11.4. The first kappa shape index (κ1) is 14.6. The zero-order valence-corrected chi connectivity index (χ0v) is 11.5. The summed E-state index contributed by atoms with van der Waals surface area (Å²) >= 11 is 1.57. The first-order valence-corrected chi connectivity index (χ1v) is 6.73. The minimum Gasteiger partial charge on any atom is -0.481 e. The zero-order valence-electron chi connectivity index (χ0n) is 10.7. The zero-order chi connectivity index (χ0) is 13.5. The van der Waals surface area contributed by atoms with Crippen LogP contribution < -0.4 is 0 Å². The van der Waals surface area contributed by atoms with Gasteiger partial charge in [-0.15, -0.1) is 11.3 Å². The molecular formula is C12H18N2O3S. The quantitative estimate of drug-likeness (QED) is 0.770. The van der Waals surface area contributed by atoms with E-state index in [1.54, 1.807) is 23.3 Å². The molecule has 0 aliphatic carbocycles. The molecule has 18 heavy (non-hydrogen) atoms. The number of unbranched alkanes of at least 4 members (excludes halogenated alkanes) is 1. The van der Waals surface area contributed by atoms with Crippen LogP contribution in [-0.4, -0.2) is 33.9 Å². The van der Waals surface area contributed by atoms with E-state index in [0.29, 0.717) is 25.8 Å². The number of aliphatic carboxylic acids is 1. The van der Waals surface area contributed by atoms with Gasteiger partial charge < -0.3 is 10.0 Å². The SMILES string of the molecule is Cc1nc(CN(C)C(=O)CCCCC(=O)O)cs1. The Hall–Kier alpha value is -1.43. The molecule has 0 aliphatic rings. The maximum atomic E-state index is 11.8. The van der Waals surface area contributed by atoms with E-state index in [0.717, 1.165) is 10.7 Å². The highest BCUT2D eigenvalue weighted by Gasteiger charge is 2.10. The number of thiazole rings is 1. The number of carboxylic acid groups (broad SMARTS) is 1. The van der Waals surface area contributed by atoms with Crippen molar-refractivity contribution >= 4 is 23.2 Å². The number of carbonyl (C=O) groups excluding carboxylic acids is 1. The van der Waals surface area contributed by atoms with Crippen LogP contribution in [0, 0.1) is 6.92 Å². The summed E-state index contributed by atoms with van der Waals surface area (Å²) < 4.78 is 0. The molecule has 6 heteroatoms. The minimum absolute atomic E-state index is 0.0334. The molecular weight excluding hydrogens is 252 g/mol. The van der Waals surface area contributed by atoms with Gasteiger partial charge in [0.25, 0.3) is 0 Å². The lowest BCUT2D eigenvalue weighted by Gasteiger charge is -2.15. The number of aromatic nitrogens is 1. The van der Waals surface area contributed by atoms with Gasteiger partial charge in [0.15, 0.2) is 0 Å². The Kier molecular flexibility index (Phi) is 5.77. The van der Waals surface area contributed by atoms with Gasteiger partial charge in [0.1, 0.15) is 0 Å². The van der Waals surface area contributed by atoms with Crippen LogP contribution in [0.5, 0.6) is 0 Å². The molecule has 1 heterocycles. The van der Waals surface area contributed by atoms with Crippen molar-refractivity contribution in [3.63, 3.8) is 0 Å². The standard InChI is InChI=1S/C12H18N2O3S/c1-9-13-10(8-18-9)7-14(2)11(15)5-3-4-6-12(16)17/h8H,3-7H2,1-2H3,(H,16,17). The number of carboxylic acids is 1. The fraction of sp³-hybridized carbons (Fsp3) is 0.583. The second-order valence-corrected chi connectivity index (χ2v) is 5.27. The molecule has 0 saturated heterocycles. The fourth-order valence-electron chi connectivity index (χ4n) is 1.56. The smallest absolute Gasteiger partial charge is 0.303 e. The summed E-state index contributed by atoms with van der Waals surface area (Å²) in [5.41, 5.74) is 0.902. The monoisotopic (exact) mass is 270 g/mol. The maximum Gasteiger partial charge on any atom is 0.303 e. The van der Waals surface area contributed by atoms with Gasteiger partial charge in [-0.05, 0) is 19.8 Å². The predicted molar refractivity (Wildman–Crippen MR) is 69.4 cm³/mol. The fourth-order valence-corrected chi connectivity index (χ4v) is 2.16. The number of nitrogens with zero attached hydrogens (tertiary/aromatic N) is 2. The minimum atomic E-state index is -0.811. The van der Waals surface area contributed by atoms with E-state index in [4.69, 9.17) is 5.11 Å². The Morgan fingerprint density at radius 1 is 1.39 bits per heavy atom. The van der Waals surface area contributed by atoms with Crippen LogP contribution in [0.25, 0.3) is 0 Å². The van der Waals surface area contributed by atoms with Crippen LogP contribution in [0.4, 0.5) is 0 Å². The van der Waals surface area contributed by atoms with Gasteiger partial charge in [0.05, 0.1) is 17.2 Å². The Bertz CT molecular complexity index is 417. The van der Waals surface area contributed by atoms with Gasteiger partial charge in [-0.2, -0.15) is 0 Å². The van der Waals surface area contributed by atoms with Crippen LogP contribution in [0.3, 0.4) is 0 Å². The summed E-state index contributed by atoms with van der Waals surface area (Å²) in [6, 6.07) is 0. The lowest BCUT2D eigenvalue weighted by Crippen LogP contribution is -2.26. The number of rotatable bonds is 7. The highest BCUT2D eigenvalue weighted by Crippen LogP contribution is 2.11. The summed E-state index contributed by atoms with van der Waals surface area (Å²) in [5.74, 6) is -0.778. The molecule has 1 rings (SSSR count). The van der Waals surface area contributed by atoms with Gasteiger partial charge in [-0.1, -0.05) is 0 Å². The lowest BCUT2D eigenvalue weighted by molar-refractivity contribution is -0.137. The second-order valence-electron chi connectivity index (χ2n) is 4.21. The molecule has 0 radical (unpaired) electrons. The topological polar surface area (TPSA) is 70.5 Å². The molecule has 1 aromatic heterocycles. The third kappa shape index (κ3) is 5.27. The summed E-state index contributed by atoms with van der Waals surface area (Å²) in [6.07, 6.45) is 1.69. The van der Waals surface area contributed by atoms with Crippen molar-refractivity contribution in [1.82, 2.24) is 9.88 Å². The number of aryl methyl sites for hydroxylation is 1. The largest absolute Gasteiger partial charge is 0.481 e. The Morgan fingerprint density at radius 2 is 2.06 bits per heavy atom. The van der Waals surface area contributed by atoms with E-state index in [-0.39, 0.29) is 12.3 Å². The molecule has 0 fully saturated rings. The average molecular weight is 270 g/mol. The van der Waals surface area contributed by atoms with Gasteiger partial charge >= 0.3 is 5.97 Å². The number of hydrogen-bond donors (Lipinski definition) is 1. The molecule has 1 N–H and O–H groups in total. The molecule has 0 saturated carbocycles. The Morgan fingerprint density at radius 3 is 2.61 bits per heavy atom. The Labute approximate surface area is 110 Å². The normalized spacial score (nSPS) is 10.3. The van der Waals surface area contributed by atoms with Crippen LogP contribution in [0.15, 0.2) is 5.38 Å². The van der Waals surface area contributed by atoms with Crippen molar-refractivity contribution in [1.29, 1.82) is 0 Å². The molecule has 5 nitrogen and oxygen atoms in total. The molecule has 1 amide bonds. The molecule has 1 aromatic rings. The van der Waals surface area contributed by atoms with Crippen molar-refractivity contribution in [2.45, 2.75) is 39.2 Å². The van der Waals surface area contributed by atoms with Crippen LogP contribution in [-0.2, 0) is 16.1 Å². The van der Waals surface area contributed by atoms with Crippen molar-refractivity contribution in [2.75, 3.05) is 7.05 Å². The van der Waals surface area contributed by atoms with Crippen LogP contribution >= 0.6 is 11.3 Å². The second kappa shape index (κ2) is 7.10. The van der Waals surface area contributed by atoms with Crippen molar-refractivity contribution in [2.24, 2.45) is 0 Å². The molecule has 0 aliphatic heterocycles. The molecule has 0 aromatic carbocycles. The van der Waals surface area contributed by atoms with E-state index in [9.17, 15) is 9.59 Å². The number of amides is 1. The molecule has 0 spiro atoms. The van der Waals surface area contributed by atoms with Crippen LogP contribution in [0.2, 0.25) is 0 Å². The van der Waals surface area contributed by atoms with Gasteiger partial charge in [-0.3, -0.25) is 9.59 Å². The molecule has 0 bridgehead atoms. The van der Waals surface area contributed by atoms with E-state index in [1.165, 1.54) is 0 Å². The van der Waals surface area contributed by atoms with E-state index in [1.807, 2.05) is 12.3 Å². The molecule has 0 unspecified atom stereocenters. The van der Waals surface area contributed by atoms with E-state index in [2.05, 4.69) is 4.98 Å². The molecule has 0 atom stereocenters. The third-order valence-corrected chi connectivity index (χ3v) is 3.35.